The second-order valence-electron chi connectivity index (χ2n) is 4.27. The second-order valence-corrected chi connectivity index (χ2v) is 4.27. The number of carbonyl (C=O) groups excluding carboxylic acids is 1. The van der Waals surface area contributed by atoms with Crippen LogP contribution in [0.15, 0.2) is 24.7 Å². The molecule has 0 atom stereocenters. The van der Waals surface area contributed by atoms with Gasteiger partial charge in [0.05, 0.1) is 18.7 Å². The molecule has 7 nitrogen and oxygen atoms in total. The summed E-state index contributed by atoms with van der Waals surface area (Å²) in [5, 5.41) is 15.2. The first kappa shape index (κ1) is 14.7. The van der Waals surface area contributed by atoms with Crippen LogP contribution in [0.1, 0.15) is 28.3 Å². The van der Waals surface area contributed by atoms with Crippen molar-refractivity contribution in [3.05, 3.63) is 41.7 Å². The summed E-state index contributed by atoms with van der Waals surface area (Å²) in [6.45, 7) is 0.293. The third kappa shape index (κ3) is 3.87. The molecule has 0 fully saturated rings. The van der Waals surface area contributed by atoms with Gasteiger partial charge in [0.15, 0.2) is 0 Å². The monoisotopic (exact) mass is 285 g/mol. The first-order valence-corrected chi connectivity index (χ1v) is 6.37. The van der Waals surface area contributed by atoms with Crippen LogP contribution in [0.3, 0.4) is 0 Å². The number of nitrogens with one attached hydrogen (secondary N) is 1. The zero-order chi connectivity index (χ0) is 15.1. The van der Waals surface area contributed by atoms with Gasteiger partial charge in [0.1, 0.15) is 17.8 Å². The van der Waals surface area contributed by atoms with Gasteiger partial charge in [-0.3, -0.25) is 9.89 Å². The number of aromatic amines is 1. The average molecular weight is 285 g/mol. The van der Waals surface area contributed by atoms with Crippen LogP contribution in [0.4, 0.5) is 0 Å². The Labute approximate surface area is 122 Å². The maximum atomic E-state index is 12.4. The van der Waals surface area contributed by atoms with E-state index in [0.717, 1.165) is 0 Å². The minimum atomic E-state index is -0.250. The molecule has 0 saturated carbocycles. The van der Waals surface area contributed by atoms with E-state index in [1.165, 1.54) is 11.2 Å². The number of nitrogens with zero attached hydrogens (tertiary/aromatic N) is 4. The van der Waals surface area contributed by atoms with E-state index in [0.29, 0.717) is 24.4 Å². The molecule has 2 heterocycles. The SMILES string of the molecule is CN(Cc1ncn[nH]1)C(=O)c1ncccc1C#CCCO. The van der Waals surface area contributed by atoms with Crippen LogP contribution in [-0.4, -0.2) is 49.7 Å². The fourth-order valence-electron chi connectivity index (χ4n) is 1.67. The van der Waals surface area contributed by atoms with Crippen LogP contribution in [0.2, 0.25) is 0 Å². The van der Waals surface area contributed by atoms with Crippen molar-refractivity contribution in [3.63, 3.8) is 0 Å². The summed E-state index contributed by atoms with van der Waals surface area (Å²) in [6, 6.07) is 3.45. The van der Waals surface area contributed by atoms with E-state index in [1.54, 1.807) is 25.4 Å². The fourth-order valence-corrected chi connectivity index (χ4v) is 1.67. The lowest BCUT2D eigenvalue weighted by atomic mass is 10.1. The van der Waals surface area contributed by atoms with Gasteiger partial charge >= 0.3 is 0 Å². The largest absolute Gasteiger partial charge is 0.395 e. The number of carbonyl (C=O) groups is 1. The number of amides is 1. The van der Waals surface area contributed by atoms with Crippen LogP contribution >= 0.6 is 0 Å². The van der Waals surface area contributed by atoms with Crippen molar-refractivity contribution in [1.82, 2.24) is 25.1 Å². The lowest BCUT2D eigenvalue weighted by Gasteiger charge is -2.15. The Morgan fingerprint density at radius 3 is 3.05 bits per heavy atom. The Morgan fingerprint density at radius 1 is 1.48 bits per heavy atom. The van der Waals surface area contributed by atoms with Crippen molar-refractivity contribution in [1.29, 1.82) is 0 Å². The van der Waals surface area contributed by atoms with Crippen LogP contribution in [0.25, 0.3) is 0 Å². The van der Waals surface area contributed by atoms with Crippen molar-refractivity contribution < 1.29 is 9.90 Å². The molecule has 0 aliphatic rings. The fraction of sp³-hybridized carbons (Fsp3) is 0.286. The Balaban J connectivity index is 2.17. The number of H-pyrrole nitrogens is 1. The van der Waals surface area contributed by atoms with E-state index in [2.05, 4.69) is 32.0 Å². The van der Waals surface area contributed by atoms with Crippen molar-refractivity contribution in [3.8, 4) is 11.8 Å². The third-order valence-electron chi connectivity index (χ3n) is 2.67. The average Bonchev–Trinajstić information content (AvgIpc) is 3.00. The highest BCUT2D eigenvalue weighted by Crippen LogP contribution is 2.08. The van der Waals surface area contributed by atoms with Gasteiger partial charge in [-0.15, -0.1) is 0 Å². The summed E-state index contributed by atoms with van der Waals surface area (Å²) in [6.07, 6.45) is 3.30. The van der Waals surface area contributed by atoms with Crippen LogP contribution in [0.5, 0.6) is 0 Å². The zero-order valence-electron chi connectivity index (χ0n) is 11.6. The number of hydrogen-bond acceptors (Lipinski definition) is 5. The molecule has 0 aromatic carbocycles. The van der Waals surface area contributed by atoms with Crippen molar-refractivity contribution in [2.45, 2.75) is 13.0 Å². The van der Waals surface area contributed by atoms with Gasteiger partial charge in [0.2, 0.25) is 0 Å². The summed E-state index contributed by atoms with van der Waals surface area (Å²) in [7, 11) is 1.66. The molecule has 21 heavy (non-hydrogen) atoms. The van der Waals surface area contributed by atoms with Gasteiger partial charge < -0.3 is 10.0 Å². The summed E-state index contributed by atoms with van der Waals surface area (Å²) >= 11 is 0. The predicted molar refractivity (Wildman–Crippen MR) is 75.0 cm³/mol. The Morgan fingerprint density at radius 2 is 2.33 bits per heavy atom. The molecule has 2 aromatic heterocycles. The Kier molecular flexibility index (Phi) is 5.01. The highest BCUT2D eigenvalue weighted by atomic mass is 16.2. The van der Waals surface area contributed by atoms with E-state index in [1.807, 2.05) is 0 Å². The third-order valence-corrected chi connectivity index (χ3v) is 2.67. The molecule has 0 aliphatic carbocycles. The van der Waals surface area contributed by atoms with Gasteiger partial charge in [-0.05, 0) is 12.1 Å². The van der Waals surface area contributed by atoms with Gasteiger partial charge in [-0.1, -0.05) is 11.8 Å². The molecule has 0 radical (unpaired) electrons. The van der Waals surface area contributed by atoms with E-state index < -0.39 is 0 Å². The molecule has 0 aliphatic heterocycles. The van der Waals surface area contributed by atoms with Crippen LogP contribution in [0, 0.1) is 11.8 Å². The summed E-state index contributed by atoms with van der Waals surface area (Å²) in [5.74, 6) is 5.99. The number of aliphatic hydroxyl groups is 1. The molecule has 0 bridgehead atoms. The lowest BCUT2D eigenvalue weighted by Crippen LogP contribution is -2.28. The minimum absolute atomic E-state index is 0.0120. The maximum absolute atomic E-state index is 12.4. The second kappa shape index (κ2) is 7.17. The molecule has 1 amide bonds. The number of pyridine rings is 1. The smallest absolute Gasteiger partial charge is 0.273 e. The van der Waals surface area contributed by atoms with E-state index in [4.69, 9.17) is 5.11 Å². The van der Waals surface area contributed by atoms with E-state index >= 15 is 0 Å². The van der Waals surface area contributed by atoms with Crippen LogP contribution < -0.4 is 0 Å². The predicted octanol–water partition coefficient (Wildman–Crippen LogP) is 0.206. The topological polar surface area (TPSA) is 95.0 Å². The number of aromatic nitrogens is 4. The molecule has 0 unspecified atom stereocenters. The Hall–Kier alpha value is -2.72. The van der Waals surface area contributed by atoms with E-state index in [-0.39, 0.29) is 18.2 Å². The first-order valence-electron chi connectivity index (χ1n) is 6.37. The molecular weight excluding hydrogens is 270 g/mol. The first-order chi connectivity index (χ1) is 10.2. The quantitative estimate of drug-likeness (QED) is 0.783. The Bertz CT molecular complexity index is 657. The molecule has 0 spiro atoms. The van der Waals surface area contributed by atoms with Crippen molar-refractivity contribution >= 4 is 5.91 Å². The highest BCUT2D eigenvalue weighted by molar-refractivity contribution is 5.94. The number of rotatable bonds is 4. The van der Waals surface area contributed by atoms with E-state index in [9.17, 15) is 4.79 Å². The van der Waals surface area contributed by atoms with Gasteiger partial charge in [-0.2, -0.15) is 5.10 Å². The summed E-state index contributed by atoms with van der Waals surface area (Å²) < 4.78 is 0. The summed E-state index contributed by atoms with van der Waals surface area (Å²) in [5.41, 5.74) is 0.824. The summed E-state index contributed by atoms with van der Waals surface area (Å²) in [4.78, 5) is 22.0. The van der Waals surface area contributed by atoms with Crippen molar-refractivity contribution in [2.75, 3.05) is 13.7 Å². The number of hydrogen-bond donors (Lipinski definition) is 2. The van der Waals surface area contributed by atoms with Gasteiger partial charge in [-0.25, -0.2) is 9.97 Å². The molecule has 2 N–H and O–H groups in total. The number of aliphatic hydroxyl groups excluding tert-OH is 1. The molecular formula is C14H15N5O2. The molecule has 7 heteroatoms. The molecule has 0 saturated heterocycles. The van der Waals surface area contributed by atoms with Crippen LogP contribution in [-0.2, 0) is 6.54 Å². The lowest BCUT2D eigenvalue weighted by molar-refractivity contribution is 0.0775. The highest BCUT2D eigenvalue weighted by Gasteiger charge is 2.17. The maximum Gasteiger partial charge on any atom is 0.273 e. The van der Waals surface area contributed by atoms with Crippen molar-refractivity contribution in [2.24, 2.45) is 0 Å². The molecule has 108 valence electrons. The standard InChI is InChI=1S/C14H15N5O2/c1-19(9-12-16-10-17-18-12)14(21)13-11(5-2-3-8-20)6-4-7-15-13/h4,6-7,10,20H,3,8-9H2,1H3,(H,16,17,18). The zero-order valence-corrected chi connectivity index (χ0v) is 11.6. The normalized spacial score (nSPS) is 9.81. The van der Waals surface area contributed by atoms with Gasteiger partial charge in [0.25, 0.3) is 5.91 Å². The minimum Gasteiger partial charge on any atom is -0.395 e. The van der Waals surface area contributed by atoms with Gasteiger partial charge in [0, 0.05) is 19.7 Å². The molecule has 2 aromatic rings. The molecule has 2 rings (SSSR count).